The van der Waals surface area contributed by atoms with Gasteiger partial charge in [-0.3, -0.25) is 0 Å². The second kappa shape index (κ2) is 4.42. The minimum atomic E-state index is 0.404. The third kappa shape index (κ3) is 2.07. The van der Waals surface area contributed by atoms with Crippen molar-refractivity contribution < 1.29 is 0 Å². The predicted octanol–water partition coefficient (Wildman–Crippen LogP) is 2.77. The molecule has 0 saturated heterocycles. The van der Waals surface area contributed by atoms with Gasteiger partial charge in [-0.25, -0.2) is 4.98 Å². The summed E-state index contributed by atoms with van der Waals surface area (Å²) in [7, 11) is 1.96. The highest BCUT2D eigenvalue weighted by atomic mass is 15.1. The quantitative estimate of drug-likeness (QED) is 0.788. The van der Waals surface area contributed by atoms with Crippen LogP contribution in [-0.4, -0.2) is 9.55 Å². The second-order valence-corrected chi connectivity index (χ2v) is 4.23. The minimum Gasteiger partial charge on any atom is -0.330 e. The van der Waals surface area contributed by atoms with Gasteiger partial charge in [0.05, 0.1) is 23.9 Å². The van der Waals surface area contributed by atoms with Crippen LogP contribution >= 0.6 is 0 Å². The summed E-state index contributed by atoms with van der Waals surface area (Å²) >= 11 is 0. The Labute approximate surface area is 101 Å². The molecule has 0 amide bonds. The highest BCUT2D eigenvalue weighted by molar-refractivity contribution is 5.57. The molecule has 1 aromatic carbocycles. The van der Waals surface area contributed by atoms with E-state index in [9.17, 15) is 0 Å². The van der Waals surface area contributed by atoms with Crippen molar-refractivity contribution in [2.24, 2.45) is 7.05 Å². The first-order chi connectivity index (χ1) is 8.13. The van der Waals surface area contributed by atoms with Gasteiger partial charge < -0.3 is 4.57 Å². The summed E-state index contributed by atoms with van der Waals surface area (Å²) in [5.41, 5.74) is 4.25. The molecule has 0 fully saturated rings. The van der Waals surface area contributed by atoms with Crippen LogP contribution in [0.2, 0.25) is 0 Å². The van der Waals surface area contributed by atoms with Crippen LogP contribution in [0.25, 0.3) is 11.4 Å². The molecule has 0 saturated carbocycles. The Morgan fingerprint density at radius 3 is 2.47 bits per heavy atom. The third-order valence-corrected chi connectivity index (χ3v) is 2.97. The Bertz CT molecular complexity index is 571. The van der Waals surface area contributed by atoms with Crippen LogP contribution in [-0.2, 0) is 13.5 Å². The molecular weight excluding hydrogens is 210 g/mol. The Kier molecular flexibility index (Phi) is 2.97. The molecule has 0 aliphatic carbocycles. The van der Waals surface area contributed by atoms with E-state index >= 15 is 0 Å². The molecule has 0 unspecified atom stereocenters. The van der Waals surface area contributed by atoms with E-state index in [1.165, 1.54) is 5.56 Å². The van der Waals surface area contributed by atoms with Crippen LogP contribution in [0.1, 0.15) is 17.0 Å². The summed E-state index contributed by atoms with van der Waals surface area (Å²) in [6.45, 7) is 4.01. The molecule has 3 nitrogen and oxygen atoms in total. The van der Waals surface area contributed by atoms with Crippen molar-refractivity contribution >= 4 is 0 Å². The number of hydrogen-bond acceptors (Lipinski definition) is 2. The van der Waals surface area contributed by atoms with Gasteiger partial charge in [0.15, 0.2) is 0 Å². The number of hydrogen-bond donors (Lipinski definition) is 0. The molecule has 3 heteroatoms. The number of nitrogens with zero attached hydrogens (tertiary/aromatic N) is 3. The largest absolute Gasteiger partial charge is 0.330 e. The highest BCUT2D eigenvalue weighted by Gasteiger charge is 2.12. The van der Waals surface area contributed by atoms with Gasteiger partial charge >= 0.3 is 0 Å². The minimum absolute atomic E-state index is 0.404. The zero-order valence-electron chi connectivity index (χ0n) is 10.4. The molecule has 0 spiro atoms. The molecule has 0 aliphatic rings. The average Bonchev–Trinajstić information content (AvgIpc) is 2.59. The van der Waals surface area contributed by atoms with Crippen molar-refractivity contribution in [3.05, 3.63) is 41.2 Å². The van der Waals surface area contributed by atoms with Gasteiger partial charge in [-0.05, 0) is 13.8 Å². The van der Waals surface area contributed by atoms with Gasteiger partial charge in [0.1, 0.15) is 5.82 Å². The van der Waals surface area contributed by atoms with Crippen LogP contribution in [0.3, 0.4) is 0 Å². The lowest BCUT2D eigenvalue weighted by molar-refractivity contribution is 0.859. The molecule has 1 heterocycles. The predicted molar refractivity (Wildman–Crippen MR) is 67.4 cm³/mol. The maximum atomic E-state index is 8.79. The van der Waals surface area contributed by atoms with Gasteiger partial charge in [0.2, 0.25) is 0 Å². The molecule has 17 heavy (non-hydrogen) atoms. The third-order valence-electron chi connectivity index (χ3n) is 2.97. The average molecular weight is 225 g/mol. The topological polar surface area (TPSA) is 41.6 Å². The summed E-state index contributed by atoms with van der Waals surface area (Å²) in [5.74, 6) is 0.924. The number of aryl methyl sites for hydroxylation is 2. The maximum absolute atomic E-state index is 8.79. The van der Waals surface area contributed by atoms with Crippen LogP contribution < -0.4 is 0 Å². The van der Waals surface area contributed by atoms with Crippen LogP contribution in [0.4, 0.5) is 0 Å². The Balaban J connectivity index is 2.50. The van der Waals surface area contributed by atoms with Crippen LogP contribution in [0, 0.1) is 25.2 Å². The Morgan fingerprint density at radius 2 is 1.88 bits per heavy atom. The molecule has 2 aromatic rings. The Morgan fingerprint density at radius 1 is 1.24 bits per heavy atom. The molecule has 0 aliphatic heterocycles. The number of nitriles is 1. The van der Waals surface area contributed by atoms with E-state index in [1.807, 2.05) is 18.5 Å². The standard InChI is InChI=1S/C14H15N3/c1-10-4-6-12(7-5-10)14-16-11(2)13(8-9-15)17(14)3/h4-7H,8H2,1-3H3. The summed E-state index contributed by atoms with van der Waals surface area (Å²) in [4.78, 5) is 4.54. The van der Waals surface area contributed by atoms with E-state index in [1.54, 1.807) is 0 Å². The highest BCUT2D eigenvalue weighted by Crippen LogP contribution is 2.21. The molecule has 0 N–H and O–H groups in total. The van der Waals surface area contributed by atoms with Crippen molar-refractivity contribution in [2.75, 3.05) is 0 Å². The fourth-order valence-corrected chi connectivity index (χ4v) is 1.95. The van der Waals surface area contributed by atoms with Crippen molar-refractivity contribution in [2.45, 2.75) is 20.3 Å². The first kappa shape index (κ1) is 11.4. The van der Waals surface area contributed by atoms with Gasteiger partial charge in [-0.15, -0.1) is 0 Å². The molecule has 0 bridgehead atoms. The first-order valence-electron chi connectivity index (χ1n) is 5.59. The molecular formula is C14H15N3. The maximum Gasteiger partial charge on any atom is 0.140 e. The summed E-state index contributed by atoms with van der Waals surface area (Å²) in [6, 6.07) is 10.4. The van der Waals surface area contributed by atoms with E-state index < -0.39 is 0 Å². The van der Waals surface area contributed by atoms with E-state index in [-0.39, 0.29) is 0 Å². The van der Waals surface area contributed by atoms with Crippen LogP contribution in [0.5, 0.6) is 0 Å². The fraction of sp³-hybridized carbons (Fsp3) is 0.286. The summed E-state index contributed by atoms with van der Waals surface area (Å²) in [5, 5.41) is 8.79. The van der Waals surface area contributed by atoms with Crippen molar-refractivity contribution in [3.63, 3.8) is 0 Å². The fourth-order valence-electron chi connectivity index (χ4n) is 1.95. The van der Waals surface area contributed by atoms with E-state index in [0.29, 0.717) is 6.42 Å². The number of rotatable bonds is 2. The second-order valence-electron chi connectivity index (χ2n) is 4.23. The number of benzene rings is 1. The molecule has 86 valence electrons. The lowest BCUT2D eigenvalue weighted by Gasteiger charge is -2.04. The molecule has 2 rings (SSSR count). The van der Waals surface area contributed by atoms with Crippen molar-refractivity contribution in [3.8, 4) is 17.5 Å². The van der Waals surface area contributed by atoms with Crippen molar-refractivity contribution in [1.29, 1.82) is 5.26 Å². The molecule has 0 radical (unpaired) electrons. The van der Waals surface area contributed by atoms with Gasteiger partial charge in [-0.1, -0.05) is 29.8 Å². The van der Waals surface area contributed by atoms with E-state index in [0.717, 1.165) is 22.8 Å². The number of aromatic nitrogens is 2. The monoisotopic (exact) mass is 225 g/mol. The van der Waals surface area contributed by atoms with Gasteiger partial charge in [0.25, 0.3) is 0 Å². The van der Waals surface area contributed by atoms with Crippen LogP contribution in [0.15, 0.2) is 24.3 Å². The zero-order valence-corrected chi connectivity index (χ0v) is 10.4. The smallest absolute Gasteiger partial charge is 0.140 e. The van der Waals surface area contributed by atoms with Gasteiger partial charge in [-0.2, -0.15) is 5.26 Å². The lowest BCUT2D eigenvalue weighted by atomic mass is 10.1. The zero-order chi connectivity index (χ0) is 12.4. The lowest BCUT2D eigenvalue weighted by Crippen LogP contribution is -1.98. The van der Waals surface area contributed by atoms with E-state index in [4.69, 9.17) is 5.26 Å². The van der Waals surface area contributed by atoms with E-state index in [2.05, 4.69) is 42.2 Å². The normalized spacial score (nSPS) is 10.2. The first-order valence-corrected chi connectivity index (χ1v) is 5.59. The molecule has 1 aromatic heterocycles. The summed E-state index contributed by atoms with van der Waals surface area (Å²) < 4.78 is 2.00. The van der Waals surface area contributed by atoms with Crippen molar-refractivity contribution in [1.82, 2.24) is 9.55 Å². The SMILES string of the molecule is Cc1ccc(-c2nc(C)c(CC#N)n2C)cc1. The number of imidazole rings is 1. The summed E-state index contributed by atoms with van der Waals surface area (Å²) in [6.07, 6.45) is 0.404. The van der Waals surface area contributed by atoms with Gasteiger partial charge in [0, 0.05) is 12.6 Å². The molecule has 0 atom stereocenters. The Hall–Kier alpha value is -2.08.